The number of hydrogen-bond acceptors (Lipinski definition) is 3. The Morgan fingerprint density at radius 3 is 2.17 bits per heavy atom. The highest BCUT2D eigenvalue weighted by Crippen LogP contribution is 2.08. The van der Waals surface area contributed by atoms with E-state index in [1.165, 1.54) is 6.92 Å². The number of esters is 1. The zero-order chi connectivity index (χ0) is 13.8. The molecule has 0 radical (unpaired) electrons. The van der Waals surface area contributed by atoms with Crippen molar-refractivity contribution in [3.8, 4) is 0 Å². The molecule has 4 nitrogen and oxygen atoms in total. The monoisotopic (exact) mass is 249 g/mol. The van der Waals surface area contributed by atoms with Crippen LogP contribution in [0.4, 0.5) is 0 Å². The summed E-state index contributed by atoms with van der Waals surface area (Å²) in [7, 11) is 0. The van der Waals surface area contributed by atoms with Gasteiger partial charge < -0.3 is 10.1 Å². The predicted molar refractivity (Wildman–Crippen MR) is 69.1 cm³/mol. The zero-order valence-corrected chi connectivity index (χ0v) is 11.2. The van der Waals surface area contributed by atoms with E-state index < -0.39 is 0 Å². The third kappa shape index (κ3) is 4.99. The van der Waals surface area contributed by atoms with E-state index in [9.17, 15) is 9.59 Å². The molecular weight excluding hydrogens is 230 g/mol. The second-order valence-electron chi connectivity index (χ2n) is 5.18. The van der Waals surface area contributed by atoms with Crippen molar-refractivity contribution >= 4 is 11.9 Å². The summed E-state index contributed by atoms with van der Waals surface area (Å²) in [6, 6.07) is 7.00. The quantitative estimate of drug-likeness (QED) is 0.836. The molecule has 0 spiro atoms. The Labute approximate surface area is 107 Å². The molecule has 1 rings (SSSR count). The molecule has 0 fully saturated rings. The summed E-state index contributed by atoms with van der Waals surface area (Å²) in [6.45, 7) is 7.39. The molecule has 0 saturated carbocycles. The standard InChI is InChI=1S/C14H19NO3/c1-10(16)18-9-11-5-7-12(8-6-11)13(17)15-14(2,3)4/h5-8H,9H2,1-4H3,(H,15,17). The Balaban J connectivity index is 2.65. The summed E-state index contributed by atoms with van der Waals surface area (Å²) >= 11 is 0. The van der Waals surface area contributed by atoms with Crippen LogP contribution >= 0.6 is 0 Å². The van der Waals surface area contributed by atoms with Gasteiger partial charge in [0.1, 0.15) is 6.61 Å². The lowest BCUT2D eigenvalue weighted by Crippen LogP contribution is -2.40. The zero-order valence-electron chi connectivity index (χ0n) is 11.2. The van der Waals surface area contributed by atoms with Crippen LogP contribution in [0.25, 0.3) is 0 Å². The lowest BCUT2D eigenvalue weighted by Gasteiger charge is -2.20. The van der Waals surface area contributed by atoms with Gasteiger partial charge in [-0.1, -0.05) is 12.1 Å². The van der Waals surface area contributed by atoms with Crippen LogP contribution in [0, 0.1) is 0 Å². The van der Waals surface area contributed by atoms with Crippen molar-refractivity contribution in [3.63, 3.8) is 0 Å². The molecule has 0 atom stereocenters. The molecule has 0 aliphatic rings. The van der Waals surface area contributed by atoms with Crippen LogP contribution in [0.3, 0.4) is 0 Å². The molecule has 18 heavy (non-hydrogen) atoms. The van der Waals surface area contributed by atoms with Gasteiger partial charge in [-0.3, -0.25) is 9.59 Å². The molecule has 1 aromatic rings. The first-order valence-corrected chi connectivity index (χ1v) is 5.83. The van der Waals surface area contributed by atoms with Gasteiger partial charge in [-0.25, -0.2) is 0 Å². The minimum absolute atomic E-state index is 0.110. The SMILES string of the molecule is CC(=O)OCc1ccc(C(=O)NC(C)(C)C)cc1. The molecule has 1 amide bonds. The Hall–Kier alpha value is -1.84. The molecule has 0 heterocycles. The lowest BCUT2D eigenvalue weighted by molar-refractivity contribution is -0.142. The van der Waals surface area contributed by atoms with Crippen molar-refractivity contribution in [3.05, 3.63) is 35.4 Å². The highest BCUT2D eigenvalue weighted by atomic mass is 16.5. The van der Waals surface area contributed by atoms with Gasteiger partial charge in [0.15, 0.2) is 0 Å². The fraction of sp³-hybridized carbons (Fsp3) is 0.429. The third-order valence-electron chi connectivity index (χ3n) is 2.15. The van der Waals surface area contributed by atoms with E-state index >= 15 is 0 Å². The molecule has 0 aliphatic heterocycles. The van der Waals surface area contributed by atoms with Gasteiger partial charge >= 0.3 is 5.97 Å². The van der Waals surface area contributed by atoms with Crippen molar-refractivity contribution in [1.82, 2.24) is 5.32 Å². The van der Waals surface area contributed by atoms with E-state index in [-0.39, 0.29) is 24.0 Å². The van der Waals surface area contributed by atoms with Crippen LogP contribution in [0.2, 0.25) is 0 Å². The maximum absolute atomic E-state index is 11.8. The number of hydrogen-bond donors (Lipinski definition) is 1. The first-order chi connectivity index (χ1) is 8.28. The first kappa shape index (κ1) is 14.2. The highest BCUT2D eigenvalue weighted by molar-refractivity contribution is 5.94. The summed E-state index contributed by atoms with van der Waals surface area (Å²) in [5.41, 5.74) is 1.20. The van der Waals surface area contributed by atoms with Crippen LogP contribution < -0.4 is 5.32 Å². The lowest BCUT2D eigenvalue weighted by atomic mass is 10.1. The molecule has 98 valence electrons. The van der Waals surface area contributed by atoms with Crippen molar-refractivity contribution in [1.29, 1.82) is 0 Å². The fourth-order valence-electron chi connectivity index (χ4n) is 1.35. The number of rotatable bonds is 3. The van der Waals surface area contributed by atoms with Gasteiger partial charge in [0.25, 0.3) is 5.91 Å². The van der Waals surface area contributed by atoms with E-state index in [1.54, 1.807) is 24.3 Å². The molecule has 0 aliphatic carbocycles. The molecule has 0 bridgehead atoms. The Morgan fingerprint density at radius 2 is 1.72 bits per heavy atom. The summed E-state index contributed by atoms with van der Waals surface area (Å²) in [4.78, 5) is 22.5. The molecule has 1 N–H and O–H groups in total. The number of carbonyl (C=O) groups excluding carboxylic acids is 2. The minimum Gasteiger partial charge on any atom is -0.461 e. The van der Waals surface area contributed by atoms with E-state index in [0.29, 0.717) is 5.56 Å². The molecule has 0 aromatic heterocycles. The van der Waals surface area contributed by atoms with Crippen LogP contribution in [-0.2, 0) is 16.1 Å². The number of amides is 1. The predicted octanol–water partition coefficient (Wildman–Crippen LogP) is 2.28. The van der Waals surface area contributed by atoms with Crippen LogP contribution in [-0.4, -0.2) is 17.4 Å². The van der Waals surface area contributed by atoms with E-state index in [1.807, 2.05) is 20.8 Å². The van der Waals surface area contributed by atoms with E-state index in [2.05, 4.69) is 5.32 Å². The van der Waals surface area contributed by atoms with E-state index in [4.69, 9.17) is 4.74 Å². The largest absolute Gasteiger partial charge is 0.461 e. The second-order valence-corrected chi connectivity index (χ2v) is 5.18. The Morgan fingerprint density at radius 1 is 1.17 bits per heavy atom. The smallest absolute Gasteiger partial charge is 0.302 e. The third-order valence-corrected chi connectivity index (χ3v) is 2.15. The van der Waals surface area contributed by atoms with E-state index in [0.717, 1.165) is 5.56 Å². The van der Waals surface area contributed by atoms with Gasteiger partial charge in [-0.2, -0.15) is 0 Å². The normalized spacial score (nSPS) is 10.9. The van der Waals surface area contributed by atoms with Crippen LogP contribution in [0.15, 0.2) is 24.3 Å². The number of carbonyl (C=O) groups is 2. The van der Waals surface area contributed by atoms with Gasteiger partial charge in [0.2, 0.25) is 0 Å². The summed E-state index contributed by atoms with van der Waals surface area (Å²) in [5, 5.41) is 2.88. The van der Waals surface area contributed by atoms with Crippen LogP contribution in [0.5, 0.6) is 0 Å². The fourth-order valence-corrected chi connectivity index (χ4v) is 1.35. The highest BCUT2D eigenvalue weighted by Gasteiger charge is 2.14. The molecule has 0 saturated heterocycles. The maximum atomic E-state index is 11.8. The van der Waals surface area contributed by atoms with Crippen LogP contribution in [0.1, 0.15) is 43.6 Å². The summed E-state index contributed by atoms with van der Waals surface area (Å²) < 4.78 is 4.87. The van der Waals surface area contributed by atoms with Gasteiger partial charge in [-0.15, -0.1) is 0 Å². The average Bonchev–Trinajstić information content (AvgIpc) is 2.24. The average molecular weight is 249 g/mol. The topological polar surface area (TPSA) is 55.4 Å². The molecule has 4 heteroatoms. The number of benzene rings is 1. The minimum atomic E-state index is -0.315. The van der Waals surface area contributed by atoms with Gasteiger partial charge in [0, 0.05) is 18.0 Å². The first-order valence-electron chi connectivity index (χ1n) is 5.83. The number of ether oxygens (including phenoxy) is 1. The van der Waals surface area contributed by atoms with Crippen molar-refractivity contribution < 1.29 is 14.3 Å². The van der Waals surface area contributed by atoms with Crippen molar-refractivity contribution in [2.45, 2.75) is 39.8 Å². The molecule has 1 aromatic carbocycles. The summed E-state index contributed by atoms with van der Waals surface area (Å²) in [5.74, 6) is -0.425. The Bertz CT molecular complexity index is 429. The second kappa shape index (κ2) is 5.67. The number of nitrogens with one attached hydrogen (secondary N) is 1. The molecular formula is C14H19NO3. The maximum Gasteiger partial charge on any atom is 0.302 e. The van der Waals surface area contributed by atoms with Crippen molar-refractivity contribution in [2.75, 3.05) is 0 Å². The summed E-state index contributed by atoms with van der Waals surface area (Å²) in [6.07, 6.45) is 0. The molecule has 0 unspecified atom stereocenters. The Kier molecular flexibility index (Phi) is 4.48. The van der Waals surface area contributed by atoms with Gasteiger partial charge in [0.05, 0.1) is 0 Å². The van der Waals surface area contributed by atoms with Gasteiger partial charge in [-0.05, 0) is 38.5 Å². The van der Waals surface area contributed by atoms with Crippen molar-refractivity contribution in [2.24, 2.45) is 0 Å².